The van der Waals surface area contributed by atoms with Gasteiger partial charge in [-0.25, -0.2) is 0 Å². The number of hydrogen-bond donors (Lipinski definition) is 2. The maximum absolute atomic E-state index is 10.9. The summed E-state index contributed by atoms with van der Waals surface area (Å²) >= 11 is 0. The Bertz CT molecular complexity index is 163. The Morgan fingerprint density at radius 3 is 2.38 bits per heavy atom. The van der Waals surface area contributed by atoms with E-state index in [9.17, 15) is 4.79 Å². The van der Waals surface area contributed by atoms with Crippen LogP contribution in [0.15, 0.2) is 0 Å². The summed E-state index contributed by atoms with van der Waals surface area (Å²) in [7, 11) is 1.38. The van der Waals surface area contributed by atoms with Crippen LogP contribution in [-0.4, -0.2) is 31.2 Å². The molecule has 0 fully saturated rings. The zero-order chi connectivity index (χ0) is 10.5. The molecule has 0 aromatic rings. The number of carbonyl (C=O) groups excluding carboxylic acids is 1. The van der Waals surface area contributed by atoms with Gasteiger partial charge < -0.3 is 15.8 Å². The molecule has 0 aromatic heterocycles. The number of ether oxygens (including phenoxy) is 1. The first-order valence-corrected chi connectivity index (χ1v) is 4.43. The number of nitrogens with one attached hydrogen (secondary N) is 1. The van der Waals surface area contributed by atoms with Crippen LogP contribution < -0.4 is 11.1 Å². The van der Waals surface area contributed by atoms with Gasteiger partial charge in [-0.1, -0.05) is 0 Å². The van der Waals surface area contributed by atoms with Gasteiger partial charge in [0.15, 0.2) is 0 Å². The molecule has 0 radical (unpaired) electrons. The standard InChI is InChI=1S/C9H20N2O2/c1-9(2,3)11-7(6-10)5-8(12)13-4/h7,11H,5-6,10H2,1-4H3. The minimum atomic E-state index is -0.229. The highest BCUT2D eigenvalue weighted by atomic mass is 16.5. The van der Waals surface area contributed by atoms with Crippen molar-refractivity contribution in [3.8, 4) is 0 Å². The molecule has 0 amide bonds. The van der Waals surface area contributed by atoms with E-state index in [0.29, 0.717) is 13.0 Å². The van der Waals surface area contributed by atoms with E-state index in [1.54, 1.807) is 0 Å². The first-order chi connectivity index (χ1) is 5.89. The molecule has 4 heteroatoms. The Balaban J connectivity index is 3.97. The van der Waals surface area contributed by atoms with Crippen molar-refractivity contribution in [2.45, 2.75) is 38.8 Å². The van der Waals surface area contributed by atoms with Gasteiger partial charge in [-0.05, 0) is 20.8 Å². The topological polar surface area (TPSA) is 64.3 Å². The summed E-state index contributed by atoms with van der Waals surface area (Å²) in [4.78, 5) is 10.9. The second kappa shape index (κ2) is 5.19. The van der Waals surface area contributed by atoms with E-state index in [2.05, 4.69) is 10.1 Å². The Kier molecular flexibility index (Phi) is 4.95. The Morgan fingerprint density at radius 2 is 2.08 bits per heavy atom. The van der Waals surface area contributed by atoms with Crippen molar-refractivity contribution < 1.29 is 9.53 Å². The van der Waals surface area contributed by atoms with Crippen LogP contribution in [-0.2, 0) is 9.53 Å². The first-order valence-electron chi connectivity index (χ1n) is 4.43. The van der Waals surface area contributed by atoms with Gasteiger partial charge in [0.05, 0.1) is 13.5 Å². The molecule has 78 valence electrons. The lowest BCUT2D eigenvalue weighted by Gasteiger charge is -2.26. The average Bonchev–Trinajstić information content (AvgIpc) is 2.00. The lowest BCUT2D eigenvalue weighted by Crippen LogP contribution is -2.48. The van der Waals surface area contributed by atoms with Gasteiger partial charge in [-0.2, -0.15) is 0 Å². The van der Waals surface area contributed by atoms with Crippen molar-refractivity contribution in [1.82, 2.24) is 5.32 Å². The quantitative estimate of drug-likeness (QED) is 0.621. The zero-order valence-electron chi connectivity index (χ0n) is 8.89. The second-order valence-corrected chi connectivity index (χ2v) is 4.11. The molecular formula is C9H20N2O2. The molecular weight excluding hydrogens is 168 g/mol. The highest BCUT2D eigenvalue weighted by Gasteiger charge is 2.18. The monoisotopic (exact) mass is 188 g/mol. The van der Waals surface area contributed by atoms with E-state index in [4.69, 9.17) is 5.73 Å². The second-order valence-electron chi connectivity index (χ2n) is 4.11. The molecule has 0 spiro atoms. The zero-order valence-corrected chi connectivity index (χ0v) is 8.89. The third kappa shape index (κ3) is 6.54. The molecule has 0 aliphatic carbocycles. The molecule has 13 heavy (non-hydrogen) atoms. The molecule has 0 aliphatic rings. The van der Waals surface area contributed by atoms with Crippen molar-refractivity contribution in [2.75, 3.05) is 13.7 Å². The van der Waals surface area contributed by atoms with Gasteiger partial charge in [-0.3, -0.25) is 4.79 Å². The number of esters is 1. The maximum Gasteiger partial charge on any atom is 0.307 e. The Labute approximate surface area is 79.8 Å². The van der Waals surface area contributed by atoms with E-state index in [-0.39, 0.29) is 17.6 Å². The lowest BCUT2D eigenvalue weighted by molar-refractivity contribution is -0.141. The third-order valence-corrected chi connectivity index (χ3v) is 1.56. The largest absolute Gasteiger partial charge is 0.469 e. The van der Waals surface area contributed by atoms with Crippen molar-refractivity contribution in [2.24, 2.45) is 5.73 Å². The maximum atomic E-state index is 10.9. The van der Waals surface area contributed by atoms with Crippen LogP contribution in [0.2, 0.25) is 0 Å². The van der Waals surface area contributed by atoms with Crippen LogP contribution >= 0.6 is 0 Å². The summed E-state index contributed by atoms with van der Waals surface area (Å²) in [5, 5.41) is 3.25. The molecule has 0 rings (SSSR count). The number of hydrogen-bond acceptors (Lipinski definition) is 4. The van der Waals surface area contributed by atoms with Gasteiger partial charge in [0, 0.05) is 18.1 Å². The van der Waals surface area contributed by atoms with Crippen LogP contribution in [0.1, 0.15) is 27.2 Å². The normalized spacial score (nSPS) is 13.9. The van der Waals surface area contributed by atoms with Gasteiger partial charge >= 0.3 is 5.97 Å². The smallest absolute Gasteiger partial charge is 0.307 e. The molecule has 0 bridgehead atoms. The van der Waals surface area contributed by atoms with Gasteiger partial charge in [0.25, 0.3) is 0 Å². The minimum absolute atomic E-state index is 0.00699. The van der Waals surface area contributed by atoms with Gasteiger partial charge in [-0.15, -0.1) is 0 Å². The number of nitrogens with two attached hydrogens (primary N) is 1. The van der Waals surface area contributed by atoms with Crippen LogP contribution in [0.25, 0.3) is 0 Å². The summed E-state index contributed by atoms with van der Waals surface area (Å²) in [6.07, 6.45) is 0.324. The fourth-order valence-electron chi connectivity index (χ4n) is 1.09. The highest BCUT2D eigenvalue weighted by molar-refractivity contribution is 5.69. The van der Waals surface area contributed by atoms with Gasteiger partial charge in [0.2, 0.25) is 0 Å². The Hall–Kier alpha value is -0.610. The van der Waals surface area contributed by atoms with Crippen LogP contribution in [0.4, 0.5) is 0 Å². The predicted molar refractivity (Wildman–Crippen MR) is 52.4 cm³/mol. The summed E-state index contributed by atoms with van der Waals surface area (Å²) < 4.78 is 4.56. The van der Waals surface area contributed by atoms with Crippen LogP contribution in [0, 0.1) is 0 Å². The first kappa shape index (κ1) is 12.4. The molecule has 0 heterocycles. The predicted octanol–water partition coefficient (Wildman–Crippen LogP) is 0.265. The van der Waals surface area contributed by atoms with Crippen molar-refractivity contribution in [3.63, 3.8) is 0 Å². The average molecular weight is 188 g/mol. The van der Waals surface area contributed by atoms with E-state index in [1.807, 2.05) is 20.8 Å². The van der Waals surface area contributed by atoms with E-state index < -0.39 is 0 Å². The summed E-state index contributed by atoms with van der Waals surface area (Å²) in [5.74, 6) is -0.229. The number of rotatable bonds is 4. The molecule has 0 saturated carbocycles. The summed E-state index contributed by atoms with van der Waals surface area (Å²) in [6.45, 7) is 6.54. The lowest BCUT2D eigenvalue weighted by atomic mass is 10.1. The fourth-order valence-corrected chi connectivity index (χ4v) is 1.09. The number of methoxy groups -OCH3 is 1. The molecule has 1 unspecified atom stereocenters. The van der Waals surface area contributed by atoms with Crippen molar-refractivity contribution in [3.05, 3.63) is 0 Å². The van der Waals surface area contributed by atoms with Crippen LogP contribution in [0.3, 0.4) is 0 Å². The third-order valence-electron chi connectivity index (χ3n) is 1.56. The summed E-state index contributed by atoms with van der Waals surface area (Å²) in [5.41, 5.74) is 5.48. The van der Waals surface area contributed by atoms with E-state index >= 15 is 0 Å². The molecule has 0 saturated heterocycles. The highest BCUT2D eigenvalue weighted by Crippen LogP contribution is 2.03. The van der Waals surface area contributed by atoms with Crippen molar-refractivity contribution in [1.29, 1.82) is 0 Å². The fraction of sp³-hybridized carbons (Fsp3) is 0.889. The van der Waals surface area contributed by atoms with E-state index in [1.165, 1.54) is 7.11 Å². The SMILES string of the molecule is COC(=O)CC(CN)NC(C)(C)C. The van der Waals surface area contributed by atoms with Gasteiger partial charge in [0.1, 0.15) is 0 Å². The molecule has 1 atom stereocenters. The van der Waals surface area contributed by atoms with Crippen LogP contribution in [0.5, 0.6) is 0 Å². The Morgan fingerprint density at radius 1 is 1.54 bits per heavy atom. The van der Waals surface area contributed by atoms with Crippen molar-refractivity contribution >= 4 is 5.97 Å². The van der Waals surface area contributed by atoms with E-state index in [0.717, 1.165) is 0 Å². The number of carbonyl (C=O) groups is 1. The molecule has 4 nitrogen and oxygen atoms in total. The molecule has 0 aromatic carbocycles. The minimum Gasteiger partial charge on any atom is -0.469 e. The molecule has 0 aliphatic heterocycles. The molecule has 3 N–H and O–H groups in total. The summed E-state index contributed by atoms with van der Waals surface area (Å²) in [6, 6.07) is -0.00699.